The molecule has 5 heteroatoms. The summed E-state index contributed by atoms with van der Waals surface area (Å²) < 4.78 is 0. The lowest BCUT2D eigenvalue weighted by molar-refractivity contribution is -0.121. The number of rotatable bonds is 3. The fourth-order valence-electron chi connectivity index (χ4n) is 3.60. The van der Waals surface area contributed by atoms with Gasteiger partial charge in [0.05, 0.1) is 5.52 Å². The monoisotopic (exact) mass is 345 g/mol. The zero-order chi connectivity index (χ0) is 18.1. The van der Waals surface area contributed by atoms with Crippen LogP contribution in [0, 0.1) is 0 Å². The predicted molar refractivity (Wildman–Crippen MR) is 100 cm³/mol. The SMILES string of the molecule is NC(=O)[C@H]1CCCN1C(=O)c1ccc(-c2cccc3cccnc23)cc1. The second kappa shape index (κ2) is 6.59. The van der Waals surface area contributed by atoms with Crippen molar-refractivity contribution in [1.82, 2.24) is 9.88 Å². The van der Waals surface area contributed by atoms with Crippen molar-refractivity contribution in [1.29, 1.82) is 0 Å². The summed E-state index contributed by atoms with van der Waals surface area (Å²) in [6.07, 6.45) is 3.22. The summed E-state index contributed by atoms with van der Waals surface area (Å²) in [5.74, 6) is -0.580. The van der Waals surface area contributed by atoms with Gasteiger partial charge < -0.3 is 10.6 Å². The molecule has 1 aliphatic rings. The molecule has 4 rings (SSSR count). The van der Waals surface area contributed by atoms with Crippen LogP contribution in [0.3, 0.4) is 0 Å². The Bertz CT molecular complexity index is 977. The Balaban J connectivity index is 1.65. The number of pyridine rings is 1. The van der Waals surface area contributed by atoms with Crippen molar-refractivity contribution >= 4 is 22.7 Å². The van der Waals surface area contributed by atoms with Crippen LogP contribution >= 0.6 is 0 Å². The molecule has 2 aromatic carbocycles. The number of hydrogen-bond donors (Lipinski definition) is 1. The first-order valence-corrected chi connectivity index (χ1v) is 8.69. The minimum absolute atomic E-state index is 0.145. The summed E-state index contributed by atoms with van der Waals surface area (Å²) in [5.41, 5.74) is 8.94. The molecule has 0 aliphatic carbocycles. The number of nitrogens with zero attached hydrogens (tertiary/aromatic N) is 2. The zero-order valence-corrected chi connectivity index (χ0v) is 14.3. The van der Waals surface area contributed by atoms with Gasteiger partial charge in [-0.15, -0.1) is 0 Å². The Morgan fingerprint density at radius 3 is 2.58 bits per heavy atom. The number of nitrogens with two attached hydrogens (primary N) is 1. The number of primary amides is 1. The van der Waals surface area contributed by atoms with Gasteiger partial charge >= 0.3 is 0 Å². The third-order valence-corrected chi connectivity index (χ3v) is 4.92. The van der Waals surface area contributed by atoms with Crippen LogP contribution in [0.25, 0.3) is 22.0 Å². The molecule has 130 valence electrons. The predicted octanol–water partition coefficient (Wildman–Crippen LogP) is 2.99. The van der Waals surface area contributed by atoms with E-state index in [1.54, 1.807) is 23.2 Å². The first-order chi connectivity index (χ1) is 12.6. The molecule has 0 radical (unpaired) electrons. The molecule has 0 bridgehead atoms. The summed E-state index contributed by atoms with van der Waals surface area (Å²) in [6, 6.07) is 16.9. The van der Waals surface area contributed by atoms with Crippen molar-refractivity contribution in [3.63, 3.8) is 0 Å². The third kappa shape index (κ3) is 2.81. The molecule has 1 aliphatic heterocycles. The summed E-state index contributed by atoms with van der Waals surface area (Å²) in [7, 11) is 0. The molecule has 0 spiro atoms. The second-order valence-electron chi connectivity index (χ2n) is 6.52. The Morgan fingerprint density at radius 2 is 1.81 bits per heavy atom. The molecule has 2 N–H and O–H groups in total. The van der Waals surface area contributed by atoms with Crippen molar-refractivity contribution in [3.8, 4) is 11.1 Å². The van der Waals surface area contributed by atoms with E-state index in [-0.39, 0.29) is 5.91 Å². The average molecular weight is 345 g/mol. The van der Waals surface area contributed by atoms with Crippen LogP contribution in [0.1, 0.15) is 23.2 Å². The van der Waals surface area contributed by atoms with E-state index in [1.165, 1.54) is 0 Å². The van der Waals surface area contributed by atoms with E-state index >= 15 is 0 Å². The molecule has 1 atom stereocenters. The van der Waals surface area contributed by atoms with E-state index in [1.807, 2.05) is 42.5 Å². The lowest BCUT2D eigenvalue weighted by Crippen LogP contribution is -2.43. The van der Waals surface area contributed by atoms with Gasteiger partial charge in [-0.25, -0.2) is 0 Å². The van der Waals surface area contributed by atoms with Crippen LogP contribution in [0.4, 0.5) is 0 Å². The van der Waals surface area contributed by atoms with E-state index in [2.05, 4.69) is 4.98 Å². The number of amides is 2. The zero-order valence-electron chi connectivity index (χ0n) is 14.3. The average Bonchev–Trinajstić information content (AvgIpc) is 3.17. The summed E-state index contributed by atoms with van der Waals surface area (Å²) in [6.45, 7) is 0.571. The fourth-order valence-corrected chi connectivity index (χ4v) is 3.60. The summed E-state index contributed by atoms with van der Waals surface area (Å²) in [5, 5.41) is 1.08. The van der Waals surface area contributed by atoms with Gasteiger partial charge in [-0.2, -0.15) is 0 Å². The molecule has 1 saturated heterocycles. The maximum atomic E-state index is 12.7. The number of para-hydroxylation sites is 1. The van der Waals surface area contributed by atoms with Gasteiger partial charge in [-0.1, -0.05) is 36.4 Å². The number of likely N-dealkylation sites (tertiary alicyclic amines) is 1. The molecule has 2 amide bonds. The minimum atomic E-state index is -0.496. The van der Waals surface area contributed by atoms with Crippen molar-refractivity contribution in [3.05, 3.63) is 66.4 Å². The third-order valence-electron chi connectivity index (χ3n) is 4.92. The second-order valence-corrected chi connectivity index (χ2v) is 6.52. The van der Waals surface area contributed by atoms with Crippen LogP contribution in [0.15, 0.2) is 60.8 Å². The molecular weight excluding hydrogens is 326 g/mol. The Hall–Kier alpha value is -3.21. The largest absolute Gasteiger partial charge is 0.368 e. The summed E-state index contributed by atoms with van der Waals surface area (Å²) >= 11 is 0. The van der Waals surface area contributed by atoms with Crippen molar-refractivity contribution in [2.75, 3.05) is 6.54 Å². The quantitative estimate of drug-likeness (QED) is 0.793. The van der Waals surface area contributed by atoms with Crippen LogP contribution in [-0.2, 0) is 4.79 Å². The highest BCUT2D eigenvalue weighted by Crippen LogP contribution is 2.28. The van der Waals surface area contributed by atoms with E-state index in [0.717, 1.165) is 28.5 Å². The molecule has 3 aromatic rings. The smallest absolute Gasteiger partial charge is 0.254 e. The van der Waals surface area contributed by atoms with Gasteiger partial charge in [0, 0.05) is 29.3 Å². The van der Waals surface area contributed by atoms with Crippen molar-refractivity contribution in [2.24, 2.45) is 5.73 Å². The summed E-state index contributed by atoms with van der Waals surface area (Å²) in [4.78, 5) is 30.3. The van der Waals surface area contributed by atoms with Gasteiger partial charge in [0.15, 0.2) is 0 Å². The Kier molecular flexibility index (Phi) is 4.13. The van der Waals surface area contributed by atoms with Gasteiger partial charge in [0.1, 0.15) is 6.04 Å². The number of fused-ring (bicyclic) bond motifs is 1. The topological polar surface area (TPSA) is 76.3 Å². The molecular formula is C21H19N3O2. The van der Waals surface area contributed by atoms with E-state index in [9.17, 15) is 9.59 Å². The van der Waals surface area contributed by atoms with Crippen molar-refractivity contribution < 1.29 is 9.59 Å². The maximum absolute atomic E-state index is 12.7. The highest BCUT2D eigenvalue weighted by Gasteiger charge is 2.33. The molecule has 1 fully saturated rings. The van der Waals surface area contributed by atoms with Gasteiger partial charge in [-0.05, 0) is 36.6 Å². The van der Waals surface area contributed by atoms with Gasteiger partial charge in [0.2, 0.25) is 5.91 Å². The van der Waals surface area contributed by atoms with Crippen LogP contribution in [0.5, 0.6) is 0 Å². The number of aromatic nitrogens is 1. The van der Waals surface area contributed by atoms with E-state index in [4.69, 9.17) is 5.73 Å². The Morgan fingerprint density at radius 1 is 1.04 bits per heavy atom. The van der Waals surface area contributed by atoms with Crippen molar-refractivity contribution in [2.45, 2.75) is 18.9 Å². The fraction of sp³-hybridized carbons (Fsp3) is 0.190. The highest BCUT2D eigenvalue weighted by molar-refractivity contribution is 5.99. The molecule has 0 unspecified atom stereocenters. The first kappa shape index (κ1) is 16.3. The lowest BCUT2D eigenvalue weighted by Gasteiger charge is -2.22. The Labute approximate surface area is 151 Å². The minimum Gasteiger partial charge on any atom is -0.368 e. The maximum Gasteiger partial charge on any atom is 0.254 e. The highest BCUT2D eigenvalue weighted by atomic mass is 16.2. The first-order valence-electron chi connectivity index (χ1n) is 8.69. The van der Waals surface area contributed by atoms with Crippen LogP contribution in [-0.4, -0.2) is 34.3 Å². The number of carbonyl (C=O) groups is 2. The van der Waals surface area contributed by atoms with Gasteiger partial charge in [0.25, 0.3) is 5.91 Å². The number of carbonyl (C=O) groups excluding carboxylic acids is 2. The molecule has 2 heterocycles. The number of benzene rings is 2. The molecule has 0 saturated carbocycles. The normalized spacial score (nSPS) is 16.8. The van der Waals surface area contributed by atoms with E-state index in [0.29, 0.717) is 18.5 Å². The van der Waals surface area contributed by atoms with Gasteiger partial charge in [-0.3, -0.25) is 14.6 Å². The van der Waals surface area contributed by atoms with Crippen LogP contribution in [0.2, 0.25) is 0 Å². The lowest BCUT2D eigenvalue weighted by atomic mass is 10.0. The van der Waals surface area contributed by atoms with E-state index < -0.39 is 11.9 Å². The standard InChI is InChI=1S/C21H19N3O2/c22-20(25)18-7-3-13-24(18)21(26)16-10-8-14(9-11-16)17-6-1-4-15-5-2-12-23-19(15)17/h1-2,4-6,8-12,18H,3,7,13H2,(H2,22,25)/t18-/m1/s1. The molecule has 5 nitrogen and oxygen atoms in total. The molecule has 26 heavy (non-hydrogen) atoms. The molecule has 1 aromatic heterocycles. The number of hydrogen-bond acceptors (Lipinski definition) is 3. The van der Waals surface area contributed by atoms with Crippen LogP contribution < -0.4 is 5.73 Å².